The summed E-state index contributed by atoms with van der Waals surface area (Å²) >= 11 is 0. The lowest BCUT2D eigenvalue weighted by molar-refractivity contribution is -0.149. The van der Waals surface area contributed by atoms with Gasteiger partial charge in [0.2, 0.25) is 0 Å². The Balaban J connectivity index is 0.997. The summed E-state index contributed by atoms with van der Waals surface area (Å²) in [5, 5.41) is 12.0. The number of benzene rings is 12. The molecule has 0 heterocycles. The number of esters is 4. The maximum Gasteiger partial charge on any atom is 0.329 e. The molecule has 0 saturated heterocycles. The first kappa shape index (κ1) is 99.1. The Morgan fingerprint density at radius 3 is 0.522 bits per heavy atom. The fourth-order valence-electron chi connectivity index (χ4n) is 16.3. The minimum absolute atomic E-state index is 0.0100. The van der Waals surface area contributed by atoms with E-state index in [1.54, 1.807) is 0 Å². The molecule has 0 saturated carbocycles. The Labute approximate surface area is 799 Å². The van der Waals surface area contributed by atoms with Crippen molar-refractivity contribution in [3.63, 3.8) is 0 Å². The molecule has 0 fully saturated rings. The number of nitrogens with one attached hydrogen (secondary N) is 4. The predicted octanol–water partition coefficient (Wildman–Crippen LogP) is 19.0. The Kier molecular flexibility index (Phi) is 33.5. The number of hydrogen-bond acceptors (Lipinski definition) is 16. The highest BCUT2D eigenvalue weighted by atomic mass is 16.6. The van der Waals surface area contributed by atoms with Gasteiger partial charge in [-0.15, -0.1) is 0 Å². The summed E-state index contributed by atoms with van der Waals surface area (Å²) in [6.07, 6.45) is 0.386. The standard InChI is InChI=1S/C116H124N4O16/c1-113(2,3)93-61-85-57-87-63-94(114(4,5)6)65-89(106(87)130-74-102(122)118-98(54-78-39-23-14-24-40-78)110(126)134-70-82-47-31-18-32-48-82)59-91-67-96(116(10,11)12)68-92(108(91)132-76-104(124)120-100(56-80-43-27-16-28-44-80)112(128)136-72-84-51-35-20-36-52-84)60-90-66-95(115(7,8)9)64-88(107(90)131-75-103(123)119-99(55-79-41-25-15-26-42-79)111(127)135-71-83-49-33-19-34-50-83)58-86(62-93)105(85)129-73-101(121)117-97(53-77-37-21-13-22-38-77)109(125)133-69-81-45-29-17-30-46-81/h13-52,61-68,97-100H,53-60,69-76H2,1-12H3,(H,117,121)(H,118,122)(H,119,123)(H,120,124)/t97-,98-,99-,100-/m0/s1. The van der Waals surface area contributed by atoms with E-state index in [2.05, 4.69) is 153 Å². The van der Waals surface area contributed by atoms with Crippen LogP contribution in [0.5, 0.6) is 23.0 Å². The number of hydrogen-bond donors (Lipinski definition) is 4. The maximum atomic E-state index is 15.3. The van der Waals surface area contributed by atoms with Crippen molar-refractivity contribution >= 4 is 47.5 Å². The second-order valence-electron chi connectivity index (χ2n) is 39.0. The molecule has 1 aliphatic rings. The number of rotatable bonds is 36. The van der Waals surface area contributed by atoms with E-state index in [4.69, 9.17) is 37.9 Å². The van der Waals surface area contributed by atoms with Gasteiger partial charge in [0.05, 0.1) is 0 Å². The van der Waals surface area contributed by atoms with Crippen molar-refractivity contribution in [2.75, 3.05) is 26.4 Å². The number of carbonyl (C=O) groups excluding carboxylic acids is 8. The number of ether oxygens (including phenoxy) is 8. The minimum Gasteiger partial charge on any atom is -0.483 e. The van der Waals surface area contributed by atoms with Crippen molar-refractivity contribution in [2.24, 2.45) is 0 Å². The van der Waals surface area contributed by atoms with E-state index in [1.807, 2.05) is 243 Å². The monoisotopic (exact) mass is 1830 g/mol. The summed E-state index contributed by atoms with van der Waals surface area (Å²) in [6, 6.07) is 86.4. The summed E-state index contributed by atoms with van der Waals surface area (Å²) in [5.41, 5.74) is 11.8. The molecule has 0 radical (unpaired) electrons. The second-order valence-corrected chi connectivity index (χ2v) is 39.0. The van der Waals surface area contributed by atoms with Crippen LogP contribution in [0.25, 0.3) is 0 Å². The SMILES string of the molecule is CC(C)(C)c1cc2c(OCC(=O)N[C@@H](Cc3ccccc3)C(=O)OCc3ccccc3)c(c1)Cc1cc(C(C)(C)C)cc(c1OCC(=O)N[C@@H](Cc1ccccc1)C(=O)OCc1ccccc1)Cc1cc(C(C)(C)C)cc(c1OCC(=O)N[C@@H](Cc1ccccc1)C(=O)OCc1ccccc1)Cc1cc(C(C)(C)C)cc(c1OCC(=O)N[C@@H](Cc1ccccc1)C(=O)OCc1ccccc1)C2. The van der Waals surface area contributed by atoms with E-state index in [9.17, 15) is 19.2 Å². The van der Waals surface area contributed by atoms with Gasteiger partial charge < -0.3 is 59.2 Å². The van der Waals surface area contributed by atoms with E-state index < -0.39 is 120 Å². The predicted molar refractivity (Wildman–Crippen MR) is 527 cm³/mol. The van der Waals surface area contributed by atoms with Crippen LogP contribution in [-0.2, 0) is 157 Å². The van der Waals surface area contributed by atoms with Crippen molar-refractivity contribution in [3.05, 3.63) is 402 Å². The van der Waals surface area contributed by atoms with Gasteiger partial charge in [0, 0.05) is 51.4 Å². The highest BCUT2D eigenvalue weighted by molar-refractivity contribution is 5.88. The number of amides is 4. The molecule has 12 aromatic carbocycles. The van der Waals surface area contributed by atoms with Crippen LogP contribution in [0.3, 0.4) is 0 Å². The Morgan fingerprint density at radius 2 is 0.375 bits per heavy atom. The Morgan fingerprint density at radius 1 is 0.228 bits per heavy atom. The van der Waals surface area contributed by atoms with E-state index in [0.29, 0.717) is 67.5 Å². The highest BCUT2D eigenvalue weighted by Gasteiger charge is 2.35. The molecule has 12 aromatic rings. The van der Waals surface area contributed by atoms with Gasteiger partial charge >= 0.3 is 23.9 Å². The molecule has 136 heavy (non-hydrogen) atoms. The molecular formula is C116H124N4O16. The second kappa shape index (κ2) is 46.0. The molecule has 20 nitrogen and oxygen atoms in total. The average Bonchev–Trinajstić information content (AvgIpc) is 0.756. The topological polar surface area (TPSA) is 259 Å². The quantitative estimate of drug-likeness (QED) is 0.0210. The molecular weight excluding hydrogens is 1710 g/mol. The lowest BCUT2D eigenvalue weighted by Crippen LogP contribution is -2.45. The van der Waals surface area contributed by atoms with Crippen molar-refractivity contribution in [3.8, 4) is 23.0 Å². The summed E-state index contributed by atoms with van der Waals surface area (Å²) in [7, 11) is 0. The lowest BCUT2D eigenvalue weighted by Gasteiger charge is -2.29. The van der Waals surface area contributed by atoms with Gasteiger partial charge in [-0.2, -0.15) is 0 Å². The Bertz CT molecular complexity index is 5250. The number of fused-ring (bicyclic) bond motifs is 8. The van der Waals surface area contributed by atoms with Crippen molar-refractivity contribution in [1.82, 2.24) is 21.3 Å². The fraction of sp³-hybridized carbons (Fsp3) is 0.310. The first-order chi connectivity index (χ1) is 65.2. The smallest absolute Gasteiger partial charge is 0.329 e. The van der Waals surface area contributed by atoms with Gasteiger partial charge in [0.1, 0.15) is 73.6 Å². The van der Waals surface area contributed by atoms with Crippen LogP contribution >= 0.6 is 0 Å². The normalized spacial score (nSPS) is 12.9. The van der Waals surface area contributed by atoms with E-state index in [0.717, 1.165) is 66.8 Å². The van der Waals surface area contributed by atoms with Crippen LogP contribution < -0.4 is 40.2 Å². The van der Waals surface area contributed by atoms with Crippen molar-refractivity contribution in [1.29, 1.82) is 0 Å². The van der Waals surface area contributed by atoms with Crippen molar-refractivity contribution < 1.29 is 76.3 Å². The highest BCUT2D eigenvalue weighted by Crippen LogP contribution is 2.45. The zero-order chi connectivity index (χ0) is 96.5. The van der Waals surface area contributed by atoms with Crippen LogP contribution in [0, 0.1) is 0 Å². The molecule has 0 aliphatic heterocycles. The van der Waals surface area contributed by atoms with Gasteiger partial charge in [-0.25, -0.2) is 19.2 Å². The lowest BCUT2D eigenvalue weighted by atomic mass is 9.79. The van der Waals surface area contributed by atoms with E-state index in [-0.39, 0.29) is 77.8 Å². The third-order valence-electron chi connectivity index (χ3n) is 23.9. The zero-order valence-corrected chi connectivity index (χ0v) is 79.9. The molecule has 8 bridgehead atoms. The fourth-order valence-corrected chi connectivity index (χ4v) is 16.3. The third-order valence-corrected chi connectivity index (χ3v) is 23.9. The molecule has 0 aromatic heterocycles. The van der Waals surface area contributed by atoms with Gasteiger partial charge in [0.15, 0.2) is 26.4 Å². The molecule has 13 rings (SSSR count). The summed E-state index contributed by atoms with van der Waals surface area (Å²) in [4.78, 5) is 120. The molecule has 704 valence electrons. The van der Waals surface area contributed by atoms with Gasteiger partial charge in [-0.3, -0.25) is 19.2 Å². The Hall–Kier alpha value is -14.4. The average molecular weight is 1830 g/mol. The molecule has 20 heteroatoms. The van der Waals surface area contributed by atoms with Gasteiger partial charge in [-0.1, -0.05) is 374 Å². The molecule has 4 atom stereocenters. The minimum atomic E-state index is -1.17. The van der Waals surface area contributed by atoms with Crippen molar-refractivity contribution in [2.45, 2.75) is 207 Å². The number of carbonyl (C=O) groups is 8. The van der Waals surface area contributed by atoms with Gasteiger partial charge in [-0.05, 0) is 133 Å². The maximum absolute atomic E-state index is 15.3. The summed E-state index contributed by atoms with van der Waals surface area (Å²) in [5.74, 6) is -4.03. The first-order valence-corrected chi connectivity index (χ1v) is 46.5. The van der Waals surface area contributed by atoms with Gasteiger partial charge in [0.25, 0.3) is 23.6 Å². The van der Waals surface area contributed by atoms with Crippen LogP contribution in [0.2, 0.25) is 0 Å². The third kappa shape index (κ3) is 28.8. The molecule has 0 spiro atoms. The van der Waals surface area contributed by atoms with Crippen LogP contribution in [0.15, 0.2) is 291 Å². The molecule has 1 aliphatic carbocycles. The first-order valence-electron chi connectivity index (χ1n) is 46.5. The van der Waals surface area contributed by atoms with Crippen LogP contribution in [0.1, 0.15) is 194 Å². The van der Waals surface area contributed by atoms with E-state index >= 15 is 19.2 Å². The van der Waals surface area contributed by atoms with Crippen LogP contribution in [-0.4, -0.2) is 98.1 Å². The van der Waals surface area contributed by atoms with E-state index in [1.165, 1.54) is 0 Å². The molecule has 4 amide bonds. The van der Waals surface area contributed by atoms with Crippen LogP contribution in [0.4, 0.5) is 0 Å². The molecule has 0 unspecified atom stereocenters. The molecule has 4 N–H and O–H groups in total. The summed E-state index contributed by atoms with van der Waals surface area (Å²) < 4.78 is 52.9. The zero-order valence-electron chi connectivity index (χ0n) is 79.9. The largest absolute Gasteiger partial charge is 0.483 e. The summed E-state index contributed by atoms with van der Waals surface area (Å²) in [6.45, 7) is 22.6.